The van der Waals surface area contributed by atoms with Crippen LogP contribution in [0, 0.1) is 0 Å². The molecule has 0 atom stereocenters. The topological polar surface area (TPSA) is 75.8 Å². The van der Waals surface area contributed by atoms with Crippen LogP contribution < -0.4 is 16.0 Å². The lowest BCUT2D eigenvalue weighted by Crippen LogP contribution is -2.34. The highest BCUT2D eigenvalue weighted by atomic mass is 127. The first-order valence-electron chi connectivity index (χ1n) is 5.28. The van der Waals surface area contributed by atoms with Gasteiger partial charge in [0.15, 0.2) is 11.1 Å². The fraction of sp³-hybridized carbons (Fsp3) is 0.600. The summed E-state index contributed by atoms with van der Waals surface area (Å²) in [5.41, 5.74) is 6.60. The standard InChI is InChI=1S/C10H19N5OS.HI/c1-15(2)10-14-8(7-17-10)6-13-9(11)12-4-5-16-3;/h7H,4-6H2,1-3H3,(H3,11,12,13);1H. The number of methoxy groups -OCH3 is 1. The van der Waals surface area contributed by atoms with E-state index in [0.717, 1.165) is 10.8 Å². The lowest BCUT2D eigenvalue weighted by atomic mass is 10.5. The number of aromatic nitrogens is 1. The van der Waals surface area contributed by atoms with Gasteiger partial charge in [-0.3, -0.25) is 0 Å². The number of hydrogen-bond acceptors (Lipinski definition) is 5. The summed E-state index contributed by atoms with van der Waals surface area (Å²) in [4.78, 5) is 10.6. The van der Waals surface area contributed by atoms with E-state index in [0.29, 0.717) is 25.7 Å². The van der Waals surface area contributed by atoms with Gasteiger partial charge in [0.2, 0.25) is 0 Å². The molecule has 0 aromatic carbocycles. The van der Waals surface area contributed by atoms with Crippen LogP contribution in [0.5, 0.6) is 0 Å². The first-order chi connectivity index (χ1) is 8.13. The van der Waals surface area contributed by atoms with Gasteiger partial charge in [-0.2, -0.15) is 0 Å². The highest BCUT2D eigenvalue weighted by molar-refractivity contribution is 14.0. The third-order valence-electron chi connectivity index (χ3n) is 1.95. The van der Waals surface area contributed by atoms with E-state index in [1.54, 1.807) is 18.4 Å². The van der Waals surface area contributed by atoms with Gasteiger partial charge in [-0.15, -0.1) is 35.3 Å². The fourth-order valence-electron chi connectivity index (χ4n) is 1.08. The number of halogens is 1. The zero-order valence-corrected chi connectivity index (χ0v) is 14.0. The number of ether oxygens (including phenoxy) is 1. The maximum atomic E-state index is 5.68. The average molecular weight is 385 g/mol. The third-order valence-corrected chi connectivity index (χ3v) is 3.00. The van der Waals surface area contributed by atoms with Crippen LogP contribution in [0.4, 0.5) is 5.13 Å². The number of hydrogen-bond donors (Lipinski definition) is 2. The number of anilines is 1. The van der Waals surface area contributed by atoms with Crippen molar-refractivity contribution < 1.29 is 4.74 Å². The van der Waals surface area contributed by atoms with Crippen LogP contribution >= 0.6 is 35.3 Å². The molecule has 0 amide bonds. The van der Waals surface area contributed by atoms with Gasteiger partial charge >= 0.3 is 0 Å². The molecule has 6 nitrogen and oxygen atoms in total. The Morgan fingerprint density at radius 3 is 2.89 bits per heavy atom. The van der Waals surface area contributed by atoms with Gasteiger partial charge in [0, 0.05) is 33.1 Å². The van der Waals surface area contributed by atoms with Gasteiger partial charge in [0.05, 0.1) is 18.8 Å². The summed E-state index contributed by atoms with van der Waals surface area (Å²) in [5.74, 6) is 0.418. The summed E-state index contributed by atoms with van der Waals surface area (Å²) in [6.45, 7) is 1.76. The smallest absolute Gasteiger partial charge is 0.189 e. The third kappa shape index (κ3) is 6.36. The quantitative estimate of drug-likeness (QED) is 0.329. The van der Waals surface area contributed by atoms with E-state index < -0.39 is 0 Å². The lowest BCUT2D eigenvalue weighted by molar-refractivity contribution is 0.204. The van der Waals surface area contributed by atoms with Crippen molar-refractivity contribution in [1.29, 1.82) is 0 Å². The zero-order chi connectivity index (χ0) is 12.7. The molecule has 1 aromatic rings. The number of aliphatic imine (C=N–C) groups is 1. The summed E-state index contributed by atoms with van der Waals surface area (Å²) in [5, 5.41) is 5.91. The number of thiazole rings is 1. The zero-order valence-electron chi connectivity index (χ0n) is 10.8. The Labute approximate surface area is 129 Å². The number of nitrogens with one attached hydrogen (secondary N) is 1. The number of nitrogens with two attached hydrogens (primary N) is 1. The van der Waals surface area contributed by atoms with Crippen molar-refractivity contribution in [2.75, 3.05) is 39.3 Å². The molecule has 1 heterocycles. The Morgan fingerprint density at radius 2 is 2.33 bits per heavy atom. The van der Waals surface area contributed by atoms with E-state index in [4.69, 9.17) is 10.5 Å². The van der Waals surface area contributed by atoms with Crippen LogP contribution in [0.15, 0.2) is 10.4 Å². The van der Waals surface area contributed by atoms with Crippen molar-refractivity contribution in [3.63, 3.8) is 0 Å². The molecule has 0 saturated heterocycles. The first-order valence-corrected chi connectivity index (χ1v) is 6.16. The van der Waals surface area contributed by atoms with Gasteiger partial charge in [0.25, 0.3) is 0 Å². The van der Waals surface area contributed by atoms with Gasteiger partial charge in [-0.05, 0) is 0 Å². The number of guanidine groups is 1. The van der Waals surface area contributed by atoms with Crippen molar-refractivity contribution in [2.45, 2.75) is 6.54 Å². The predicted octanol–water partition coefficient (Wildman–Crippen LogP) is 0.878. The maximum Gasteiger partial charge on any atom is 0.189 e. The summed E-state index contributed by atoms with van der Waals surface area (Å²) in [7, 11) is 5.58. The largest absolute Gasteiger partial charge is 0.383 e. The van der Waals surface area contributed by atoms with Crippen LogP contribution in [0.3, 0.4) is 0 Å². The number of rotatable bonds is 6. The Kier molecular flexibility index (Phi) is 9.02. The second-order valence-corrected chi connectivity index (χ2v) is 4.47. The molecule has 0 aliphatic heterocycles. The van der Waals surface area contributed by atoms with Crippen LogP contribution in [0.2, 0.25) is 0 Å². The molecule has 104 valence electrons. The van der Waals surface area contributed by atoms with E-state index in [1.165, 1.54) is 0 Å². The second kappa shape index (κ2) is 9.34. The minimum absolute atomic E-state index is 0. The molecule has 0 spiro atoms. The molecular formula is C10H20IN5OS. The van der Waals surface area contributed by atoms with Gasteiger partial charge in [-0.25, -0.2) is 9.98 Å². The Bertz CT molecular complexity index is 369. The molecule has 0 fully saturated rings. The van der Waals surface area contributed by atoms with Crippen molar-refractivity contribution >= 4 is 46.4 Å². The summed E-state index contributed by atoms with van der Waals surface area (Å²) >= 11 is 1.60. The lowest BCUT2D eigenvalue weighted by Gasteiger charge is -2.05. The van der Waals surface area contributed by atoms with Crippen molar-refractivity contribution in [3.05, 3.63) is 11.1 Å². The highest BCUT2D eigenvalue weighted by Crippen LogP contribution is 2.18. The van der Waals surface area contributed by atoms with Gasteiger partial charge < -0.3 is 20.7 Å². The second-order valence-electron chi connectivity index (χ2n) is 3.64. The van der Waals surface area contributed by atoms with E-state index >= 15 is 0 Å². The van der Waals surface area contributed by atoms with Gasteiger partial charge in [-0.1, -0.05) is 0 Å². The molecule has 0 radical (unpaired) electrons. The molecule has 3 N–H and O–H groups in total. The monoisotopic (exact) mass is 385 g/mol. The van der Waals surface area contributed by atoms with E-state index in [1.807, 2.05) is 24.4 Å². The molecule has 0 aliphatic rings. The minimum Gasteiger partial charge on any atom is -0.383 e. The molecule has 1 aromatic heterocycles. The SMILES string of the molecule is COCCNC(N)=NCc1csc(N(C)C)n1.I. The van der Waals surface area contributed by atoms with Crippen molar-refractivity contribution in [2.24, 2.45) is 10.7 Å². The molecule has 0 aliphatic carbocycles. The Morgan fingerprint density at radius 1 is 1.61 bits per heavy atom. The van der Waals surface area contributed by atoms with E-state index in [-0.39, 0.29) is 24.0 Å². The van der Waals surface area contributed by atoms with Crippen molar-refractivity contribution in [1.82, 2.24) is 10.3 Å². The normalized spacial score (nSPS) is 10.9. The van der Waals surface area contributed by atoms with E-state index in [9.17, 15) is 0 Å². The van der Waals surface area contributed by atoms with Crippen LogP contribution in [0.25, 0.3) is 0 Å². The van der Waals surface area contributed by atoms with Crippen LogP contribution in [-0.4, -0.2) is 45.3 Å². The predicted molar refractivity (Wildman–Crippen MR) is 87.1 cm³/mol. The average Bonchev–Trinajstić information content (AvgIpc) is 2.75. The summed E-state index contributed by atoms with van der Waals surface area (Å²) in [6, 6.07) is 0. The van der Waals surface area contributed by atoms with Crippen LogP contribution in [0.1, 0.15) is 5.69 Å². The van der Waals surface area contributed by atoms with Crippen LogP contribution in [-0.2, 0) is 11.3 Å². The maximum absolute atomic E-state index is 5.68. The molecular weight excluding hydrogens is 365 g/mol. The molecule has 0 unspecified atom stereocenters. The summed E-state index contributed by atoms with van der Waals surface area (Å²) < 4.78 is 4.90. The number of nitrogens with zero attached hydrogens (tertiary/aromatic N) is 3. The molecule has 18 heavy (non-hydrogen) atoms. The molecule has 0 bridgehead atoms. The Hall–Kier alpha value is -0.610. The molecule has 1 rings (SSSR count). The van der Waals surface area contributed by atoms with Gasteiger partial charge in [0.1, 0.15) is 0 Å². The highest BCUT2D eigenvalue weighted by Gasteiger charge is 2.02. The Balaban J connectivity index is 0.00000289. The fourth-order valence-corrected chi connectivity index (χ4v) is 1.83. The molecule has 8 heteroatoms. The first kappa shape index (κ1) is 17.4. The molecule has 0 saturated carbocycles. The van der Waals surface area contributed by atoms with E-state index in [2.05, 4.69) is 15.3 Å². The summed E-state index contributed by atoms with van der Waals surface area (Å²) in [6.07, 6.45) is 0. The minimum atomic E-state index is 0. The van der Waals surface area contributed by atoms with Crippen molar-refractivity contribution in [3.8, 4) is 0 Å².